The molecule has 0 unspecified atom stereocenters. The average Bonchev–Trinajstić information content (AvgIpc) is 2.81. The fourth-order valence-corrected chi connectivity index (χ4v) is 2.16. The maximum absolute atomic E-state index is 12.3. The van der Waals surface area contributed by atoms with Crippen LogP contribution in [0.25, 0.3) is 6.08 Å². The van der Waals surface area contributed by atoms with Crippen molar-refractivity contribution in [2.45, 2.75) is 0 Å². The van der Waals surface area contributed by atoms with E-state index in [2.05, 4.69) is 10.1 Å². The molecule has 0 radical (unpaired) electrons. The molecule has 1 N–H and O–H groups in total. The maximum Gasteiger partial charge on any atom is 0.325 e. The molecule has 0 atom stereocenters. The van der Waals surface area contributed by atoms with Gasteiger partial charge in [-0.1, -0.05) is 18.2 Å². The van der Waals surface area contributed by atoms with Crippen LogP contribution in [0.3, 0.4) is 0 Å². The molecule has 0 spiro atoms. The van der Waals surface area contributed by atoms with Crippen LogP contribution in [0.1, 0.15) is 5.56 Å². The van der Waals surface area contributed by atoms with Crippen molar-refractivity contribution >= 4 is 35.3 Å². The molecule has 1 aliphatic heterocycles. The van der Waals surface area contributed by atoms with E-state index in [0.29, 0.717) is 11.3 Å². The normalized spacial score (nSPS) is 15.3. The quantitative estimate of drug-likeness (QED) is 0.485. The van der Waals surface area contributed by atoms with Crippen LogP contribution in [0, 0.1) is 11.3 Å². The fourth-order valence-electron chi connectivity index (χ4n) is 1.91. The highest BCUT2D eigenvalue weighted by Crippen LogP contribution is 2.22. The maximum atomic E-state index is 12.3. The van der Waals surface area contributed by atoms with E-state index in [1.807, 2.05) is 6.07 Å². The third kappa shape index (κ3) is 3.84. The number of carbonyl (C=O) groups is 2. The van der Waals surface area contributed by atoms with Crippen LogP contribution in [0.5, 0.6) is 5.75 Å². The number of benzene rings is 1. The van der Waals surface area contributed by atoms with Gasteiger partial charge in [-0.3, -0.25) is 14.5 Å². The summed E-state index contributed by atoms with van der Waals surface area (Å²) in [6.45, 7) is -0.362. The Hall–Kier alpha value is -2.92. The average molecular weight is 331 g/mol. The Morgan fingerprint density at radius 1 is 1.48 bits per heavy atom. The van der Waals surface area contributed by atoms with Gasteiger partial charge in [0, 0.05) is 5.56 Å². The van der Waals surface area contributed by atoms with Gasteiger partial charge in [0.15, 0.2) is 11.7 Å². The molecular formula is C15H13N3O4S. The predicted molar refractivity (Wildman–Crippen MR) is 85.0 cm³/mol. The molecule has 2 rings (SSSR count). The van der Waals surface area contributed by atoms with Crippen LogP contribution in [-0.2, 0) is 14.3 Å². The summed E-state index contributed by atoms with van der Waals surface area (Å²) in [5, 5.41) is 11.5. The number of hydrogen-bond donors (Lipinski definition) is 1. The summed E-state index contributed by atoms with van der Waals surface area (Å²) < 4.78 is 9.84. The predicted octanol–water partition coefficient (Wildman–Crippen LogP) is 0.820. The Morgan fingerprint density at radius 2 is 2.22 bits per heavy atom. The zero-order valence-electron chi connectivity index (χ0n) is 12.2. The zero-order chi connectivity index (χ0) is 16.8. The highest BCUT2D eigenvalue weighted by Gasteiger charge is 2.32. The van der Waals surface area contributed by atoms with Gasteiger partial charge in [0.1, 0.15) is 24.1 Å². The molecular weight excluding hydrogens is 318 g/mol. The van der Waals surface area contributed by atoms with Gasteiger partial charge in [-0.2, -0.15) is 5.26 Å². The minimum atomic E-state index is -0.568. The molecule has 1 aliphatic rings. The summed E-state index contributed by atoms with van der Waals surface area (Å²) in [6, 6.07) is 8.84. The van der Waals surface area contributed by atoms with Crippen molar-refractivity contribution in [1.82, 2.24) is 10.2 Å². The number of nitrogens with one attached hydrogen (secondary N) is 1. The molecule has 1 aromatic rings. The van der Waals surface area contributed by atoms with Crippen molar-refractivity contribution in [2.75, 3.05) is 20.3 Å². The lowest BCUT2D eigenvalue weighted by atomic mass is 10.1. The van der Waals surface area contributed by atoms with Crippen molar-refractivity contribution in [1.29, 1.82) is 5.26 Å². The molecule has 0 aromatic heterocycles. The number of methoxy groups -OCH3 is 1. The largest absolute Gasteiger partial charge is 0.478 e. The third-order valence-electron chi connectivity index (χ3n) is 2.99. The van der Waals surface area contributed by atoms with E-state index in [1.165, 1.54) is 7.11 Å². The molecule has 118 valence electrons. The third-order valence-corrected chi connectivity index (χ3v) is 3.31. The van der Waals surface area contributed by atoms with E-state index in [-0.39, 0.29) is 24.0 Å². The second kappa shape index (κ2) is 7.38. The van der Waals surface area contributed by atoms with E-state index in [9.17, 15) is 9.59 Å². The van der Waals surface area contributed by atoms with Gasteiger partial charge >= 0.3 is 5.97 Å². The SMILES string of the molecule is COC(=O)CN1C(=O)/C(=C/c2ccccc2OCC#N)NC1=S. The fraction of sp³-hybridized carbons (Fsp3) is 0.200. The Labute approximate surface area is 138 Å². The van der Waals surface area contributed by atoms with Gasteiger partial charge in [0.05, 0.1) is 7.11 Å². The van der Waals surface area contributed by atoms with Crippen LogP contribution in [0.4, 0.5) is 0 Å². The molecule has 8 heteroatoms. The first-order valence-corrected chi connectivity index (χ1v) is 6.97. The number of thiocarbonyl (C=S) groups is 1. The summed E-state index contributed by atoms with van der Waals surface area (Å²) in [6.07, 6.45) is 1.55. The lowest BCUT2D eigenvalue weighted by Crippen LogP contribution is -2.35. The molecule has 23 heavy (non-hydrogen) atoms. The standard InChI is InChI=1S/C15H13N3O4S/c1-21-13(19)9-18-14(20)11(17-15(18)23)8-10-4-2-3-5-12(10)22-7-6-16/h2-5,8H,7,9H2,1H3,(H,17,23)/b11-8-. The van der Waals surface area contributed by atoms with E-state index in [0.717, 1.165) is 4.90 Å². The van der Waals surface area contributed by atoms with E-state index in [1.54, 1.807) is 30.3 Å². The van der Waals surface area contributed by atoms with Crippen LogP contribution in [0.2, 0.25) is 0 Å². The highest BCUT2D eigenvalue weighted by atomic mass is 32.1. The Balaban J connectivity index is 2.24. The van der Waals surface area contributed by atoms with Crippen molar-refractivity contribution in [3.05, 3.63) is 35.5 Å². The van der Waals surface area contributed by atoms with Crippen molar-refractivity contribution in [2.24, 2.45) is 0 Å². The van der Waals surface area contributed by atoms with Gasteiger partial charge in [0.25, 0.3) is 5.91 Å². The Morgan fingerprint density at radius 3 is 2.91 bits per heavy atom. The number of rotatable bonds is 5. The van der Waals surface area contributed by atoms with Crippen molar-refractivity contribution in [3.8, 4) is 11.8 Å². The molecule has 1 fully saturated rings. The first-order valence-electron chi connectivity index (χ1n) is 6.57. The molecule has 1 aromatic carbocycles. The summed E-state index contributed by atoms with van der Waals surface area (Å²) >= 11 is 5.05. The monoisotopic (exact) mass is 331 g/mol. The number of esters is 1. The number of nitriles is 1. The second-order valence-corrected chi connectivity index (χ2v) is 4.83. The van der Waals surface area contributed by atoms with Gasteiger partial charge in [0.2, 0.25) is 0 Å². The topological polar surface area (TPSA) is 91.7 Å². The van der Waals surface area contributed by atoms with Crippen molar-refractivity contribution in [3.63, 3.8) is 0 Å². The minimum Gasteiger partial charge on any atom is -0.478 e. The Bertz CT molecular complexity index is 724. The van der Waals surface area contributed by atoms with Gasteiger partial charge in [-0.05, 0) is 24.4 Å². The number of carbonyl (C=O) groups excluding carboxylic acids is 2. The van der Waals surface area contributed by atoms with Gasteiger partial charge in [-0.25, -0.2) is 0 Å². The first kappa shape index (κ1) is 16.5. The summed E-state index contributed by atoms with van der Waals surface area (Å²) in [4.78, 5) is 24.7. The zero-order valence-corrected chi connectivity index (χ0v) is 13.1. The molecule has 7 nitrogen and oxygen atoms in total. The molecule has 1 heterocycles. The second-order valence-electron chi connectivity index (χ2n) is 4.44. The highest BCUT2D eigenvalue weighted by molar-refractivity contribution is 7.80. The van der Waals surface area contributed by atoms with E-state index < -0.39 is 11.9 Å². The molecule has 0 saturated carbocycles. The number of amides is 1. The first-order chi connectivity index (χ1) is 11.1. The van der Waals surface area contributed by atoms with Gasteiger partial charge in [-0.15, -0.1) is 0 Å². The molecule has 0 bridgehead atoms. The molecule has 1 amide bonds. The molecule has 0 aliphatic carbocycles. The Kier molecular flexibility index (Phi) is 5.28. The number of para-hydroxylation sites is 1. The van der Waals surface area contributed by atoms with Crippen LogP contribution < -0.4 is 10.1 Å². The van der Waals surface area contributed by atoms with Crippen LogP contribution in [-0.4, -0.2) is 42.2 Å². The minimum absolute atomic E-state index is 0.103. The molecule has 1 saturated heterocycles. The van der Waals surface area contributed by atoms with Crippen molar-refractivity contribution < 1.29 is 19.1 Å². The van der Waals surface area contributed by atoms with E-state index in [4.69, 9.17) is 22.2 Å². The lowest BCUT2D eigenvalue weighted by Gasteiger charge is -2.11. The number of ether oxygens (including phenoxy) is 2. The van der Waals surface area contributed by atoms with Gasteiger partial charge < -0.3 is 14.8 Å². The van der Waals surface area contributed by atoms with Crippen LogP contribution in [0.15, 0.2) is 30.0 Å². The smallest absolute Gasteiger partial charge is 0.325 e. The summed E-state index contributed by atoms with van der Waals surface area (Å²) in [5.74, 6) is -0.537. The van der Waals surface area contributed by atoms with Crippen LogP contribution >= 0.6 is 12.2 Å². The van der Waals surface area contributed by atoms with E-state index >= 15 is 0 Å². The number of nitrogens with zero attached hydrogens (tertiary/aromatic N) is 2. The lowest BCUT2D eigenvalue weighted by molar-refractivity contribution is -0.143. The summed E-state index contributed by atoms with van der Waals surface area (Å²) in [5.41, 5.74) is 0.827. The number of hydrogen-bond acceptors (Lipinski definition) is 6. The summed E-state index contributed by atoms with van der Waals surface area (Å²) in [7, 11) is 1.24.